The van der Waals surface area contributed by atoms with Gasteiger partial charge in [0.25, 0.3) is 0 Å². The summed E-state index contributed by atoms with van der Waals surface area (Å²) in [4.78, 5) is 3.50. The van der Waals surface area contributed by atoms with Gasteiger partial charge < -0.3 is 10.3 Å². The van der Waals surface area contributed by atoms with Crippen molar-refractivity contribution in [3.05, 3.63) is 48.0 Å². The summed E-state index contributed by atoms with van der Waals surface area (Å²) < 4.78 is 0. The lowest BCUT2D eigenvalue weighted by Gasteiger charge is -2.24. The zero-order valence-electron chi connectivity index (χ0n) is 13.1. The molecule has 0 aliphatic heterocycles. The lowest BCUT2D eigenvalue weighted by molar-refractivity contribution is 0.384. The van der Waals surface area contributed by atoms with Crippen LogP contribution in [0.25, 0.3) is 21.8 Å². The number of H-pyrrole nitrogens is 1. The predicted octanol–water partition coefficient (Wildman–Crippen LogP) is 5.02. The van der Waals surface area contributed by atoms with Gasteiger partial charge in [0, 0.05) is 27.8 Å². The molecule has 1 heterocycles. The molecule has 0 aliphatic carbocycles. The maximum absolute atomic E-state index is 3.64. The van der Waals surface area contributed by atoms with Crippen molar-refractivity contribution in [1.29, 1.82) is 0 Å². The first-order valence-corrected chi connectivity index (χ1v) is 7.98. The third-order valence-corrected chi connectivity index (χ3v) is 4.53. The fourth-order valence-corrected chi connectivity index (χ4v) is 3.16. The molecule has 2 atom stereocenters. The highest BCUT2D eigenvalue weighted by Gasteiger charge is 2.17. The predicted molar refractivity (Wildman–Crippen MR) is 91.7 cm³/mol. The second-order valence-corrected chi connectivity index (χ2v) is 5.90. The second kappa shape index (κ2) is 5.90. The van der Waals surface area contributed by atoms with Gasteiger partial charge in [-0.15, -0.1) is 0 Å². The molecule has 110 valence electrons. The smallest absolute Gasteiger partial charge is 0.0465 e. The van der Waals surface area contributed by atoms with Crippen molar-refractivity contribution >= 4 is 21.8 Å². The number of benzene rings is 2. The molecule has 0 amide bonds. The Morgan fingerprint density at radius 2 is 1.76 bits per heavy atom. The number of fused-ring (bicyclic) bond motifs is 3. The van der Waals surface area contributed by atoms with E-state index >= 15 is 0 Å². The highest BCUT2D eigenvalue weighted by atomic mass is 14.9. The van der Waals surface area contributed by atoms with E-state index in [2.05, 4.69) is 73.5 Å². The Hall–Kier alpha value is -1.80. The minimum Gasteiger partial charge on any atom is -0.355 e. The van der Waals surface area contributed by atoms with Crippen LogP contribution in [0.3, 0.4) is 0 Å². The van der Waals surface area contributed by atoms with Crippen LogP contribution >= 0.6 is 0 Å². The molecular weight excluding hydrogens is 256 g/mol. The van der Waals surface area contributed by atoms with Crippen LogP contribution in [0.15, 0.2) is 42.5 Å². The van der Waals surface area contributed by atoms with Crippen LogP contribution in [0.4, 0.5) is 0 Å². The van der Waals surface area contributed by atoms with Crippen molar-refractivity contribution in [3.63, 3.8) is 0 Å². The summed E-state index contributed by atoms with van der Waals surface area (Å²) in [5, 5.41) is 6.29. The molecule has 0 spiro atoms. The fraction of sp³-hybridized carbons (Fsp3) is 0.368. The Bertz CT molecular complexity index is 741. The Balaban J connectivity index is 2.12. The van der Waals surface area contributed by atoms with Crippen LogP contribution in [-0.2, 0) is 0 Å². The van der Waals surface area contributed by atoms with Crippen LogP contribution in [-0.4, -0.2) is 11.5 Å². The Labute approximate surface area is 126 Å². The van der Waals surface area contributed by atoms with E-state index in [4.69, 9.17) is 0 Å². The molecular formula is C19H24N2. The van der Waals surface area contributed by atoms with Crippen LogP contribution in [0.5, 0.6) is 0 Å². The summed E-state index contributed by atoms with van der Waals surface area (Å²) >= 11 is 0. The molecule has 0 saturated heterocycles. The molecule has 0 bridgehead atoms. The summed E-state index contributed by atoms with van der Waals surface area (Å²) in [6.45, 7) is 7.77. The normalized spacial score (nSPS) is 14.6. The zero-order valence-corrected chi connectivity index (χ0v) is 13.1. The van der Waals surface area contributed by atoms with Crippen molar-refractivity contribution in [2.24, 2.45) is 5.92 Å². The number of aromatic amines is 1. The SMILES string of the molecule is CCNC(c1ccc2[nH]c3ccccc3c2c1)C(C)CC. The summed E-state index contributed by atoms with van der Waals surface area (Å²) in [5.41, 5.74) is 3.83. The van der Waals surface area contributed by atoms with Gasteiger partial charge in [-0.1, -0.05) is 51.5 Å². The average Bonchev–Trinajstić information content (AvgIpc) is 2.89. The third-order valence-electron chi connectivity index (χ3n) is 4.53. The molecule has 0 radical (unpaired) electrons. The van der Waals surface area contributed by atoms with E-state index in [1.807, 2.05) is 0 Å². The molecule has 2 aromatic carbocycles. The Morgan fingerprint density at radius 1 is 1.00 bits per heavy atom. The van der Waals surface area contributed by atoms with Crippen molar-refractivity contribution in [2.45, 2.75) is 33.2 Å². The van der Waals surface area contributed by atoms with Gasteiger partial charge in [-0.2, -0.15) is 0 Å². The van der Waals surface area contributed by atoms with E-state index in [9.17, 15) is 0 Å². The topological polar surface area (TPSA) is 27.8 Å². The monoisotopic (exact) mass is 280 g/mol. The maximum atomic E-state index is 3.64. The van der Waals surface area contributed by atoms with Crippen LogP contribution in [0.1, 0.15) is 38.8 Å². The van der Waals surface area contributed by atoms with Gasteiger partial charge in [-0.3, -0.25) is 0 Å². The maximum Gasteiger partial charge on any atom is 0.0465 e. The van der Waals surface area contributed by atoms with Crippen LogP contribution in [0, 0.1) is 5.92 Å². The summed E-state index contributed by atoms with van der Waals surface area (Å²) in [6, 6.07) is 15.8. The highest BCUT2D eigenvalue weighted by molar-refractivity contribution is 6.07. The van der Waals surface area contributed by atoms with E-state index in [-0.39, 0.29) is 0 Å². The van der Waals surface area contributed by atoms with E-state index in [0.29, 0.717) is 12.0 Å². The Morgan fingerprint density at radius 3 is 2.52 bits per heavy atom. The number of aromatic nitrogens is 1. The van der Waals surface area contributed by atoms with Crippen molar-refractivity contribution in [3.8, 4) is 0 Å². The number of rotatable bonds is 5. The first kappa shape index (κ1) is 14.2. The number of nitrogens with one attached hydrogen (secondary N) is 2. The highest BCUT2D eigenvalue weighted by Crippen LogP contribution is 2.31. The summed E-state index contributed by atoms with van der Waals surface area (Å²) in [7, 11) is 0. The van der Waals surface area contributed by atoms with Crippen molar-refractivity contribution < 1.29 is 0 Å². The van der Waals surface area contributed by atoms with E-state index in [1.54, 1.807) is 0 Å². The van der Waals surface area contributed by atoms with Gasteiger partial charge in [0.1, 0.15) is 0 Å². The number of hydrogen-bond acceptors (Lipinski definition) is 1. The first-order valence-electron chi connectivity index (χ1n) is 7.98. The first-order chi connectivity index (χ1) is 10.2. The molecule has 2 nitrogen and oxygen atoms in total. The lowest BCUT2D eigenvalue weighted by Crippen LogP contribution is -2.26. The standard InChI is InChI=1S/C19H24N2/c1-4-13(3)19(20-5-2)14-10-11-18-16(12-14)15-8-6-7-9-17(15)21-18/h6-13,19-21H,4-5H2,1-3H3. The lowest BCUT2D eigenvalue weighted by atomic mass is 9.91. The Kier molecular flexibility index (Phi) is 3.98. The second-order valence-electron chi connectivity index (χ2n) is 5.90. The largest absolute Gasteiger partial charge is 0.355 e. The van der Waals surface area contributed by atoms with Gasteiger partial charge >= 0.3 is 0 Å². The molecule has 21 heavy (non-hydrogen) atoms. The molecule has 3 rings (SSSR count). The third kappa shape index (κ3) is 2.56. The number of hydrogen-bond donors (Lipinski definition) is 2. The van der Waals surface area contributed by atoms with E-state index < -0.39 is 0 Å². The minimum absolute atomic E-state index is 0.429. The van der Waals surface area contributed by atoms with Gasteiger partial charge in [-0.25, -0.2) is 0 Å². The molecule has 3 aromatic rings. The molecule has 2 heteroatoms. The van der Waals surface area contributed by atoms with Gasteiger partial charge in [0.05, 0.1) is 0 Å². The molecule has 0 fully saturated rings. The quantitative estimate of drug-likeness (QED) is 0.675. The zero-order chi connectivity index (χ0) is 14.8. The molecule has 2 N–H and O–H groups in total. The molecule has 2 unspecified atom stereocenters. The van der Waals surface area contributed by atoms with Gasteiger partial charge in [0.15, 0.2) is 0 Å². The summed E-state index contributed by atoms with van der Waals surface area (Å²) in [5.74, 6) is 0.632. The number of para-hydroxylation sites is 1. The van der Waals surface area contributed by atoms with E-state index in [1.165, 1.54) is 33.8 Å². The van der Waals surface area contributed by atoms with E-state index in [0.717, 1.165) is 6.54 Å². The van der Waals surface area contributed by atoms with Gasteiger partial charge in [0.2, 0.25) is 0 Å². The van der Waals surface area contributed by atoms with Crippen LogP contribution < -0.4 is 5.32 Å². The average molecular weight is 280 g/mol. The van der Waals surface area contributed by atoms with Gasteiger partial charge in [-0.05, 0) is 36.2 Å². The molecule has 0 aliphatic rings. The molecule has 0 saturated carbocycles. The minimum atomic E-state index is 0.429. The van der Waals surface area contributed by atoms with Crippen LogP contribution in [0.2, 0.25) is 0 Å². The molecule has 1 aromatic heterocycles. The fourth-order valence-electron chi connectivity index (χ4n) is 3.16. The van der Waals surface area contributed by atoms with Crippen molar-refractivity contribution in [2.75, 3.05) is 6.54 Å². The van der Waals surface area contributed by atoms with Crippen molar-refractivity contribution in [1.82, 2.24) is 10.3 Å². The summed E-state index contributed by atoms with van der Waals surface area (Å²) in [6.07, 6.45) is 1.18.